The number of hydrogen-bond acceptors (Lipinski definition) is 8. The molecule has 0 radical (unpaired) electrons. The van der Waals surface area contributed by atoms with E-state index in [0.29, 0.717) is 60.6 Å². The van der Waals surface area contributed by atoms with E-state index < -0.39 is 6.10 Å². The molecule has 0 aromatic carbocycles. The van der Waals surface area contributed by atoms with Crippen LogP contribution < -0.4 is 20.9 Å². The molecule has 1 amide bonds. The minimum atomic E-state index is -0.588. The molecule has 1 unspecified atom stereocenters. The normalized spacial score (nSPS) is 23.1. The maximum absolute atomic E-state index is 14.4. The van der Waals surface area contributed by atoms with Gasteiger partial charge >= 0.3 is 0 Å². The first kappa shape index (κ1) is 25.5. The summed E-state index contributed by atoms with van der Waals surface area (Å²) >= 11 is 0. The van der Waals surface area contributed by atoms with Gasteiger partial charge in [0.25, 0.3) is 11.5 Å². The van der Waals surface area contributed by atoms with Crippen molar-refractivity contribution in [2.45, 2.75) is 44.0 Å². The Morgan fingerprint density at radius 3 is 2.92 bits per heavy atom. The third-order valence-electron chi connectivity index (χ3n) is 7.31. The fraction of sp³-hybridized carbons (Fsp3) is 0.440. The number of halogens is 2. The molecule has 6 rings (SSSR count). The number of amides is 1. The molecule has 0 saturated carbocycles. The molecule has 196 valence electrons. The number of fused-ring (bicyclic) bond motifs is 1. The van der Waals surface area contributed by atoms with Crippen LogP contribution in [0.4, 0.5) is 10.1 Å². The van der Waals surface area contributed by atoms with Crippen LogP contribution in [0.3, 0.4) is 0 Å². The van der Waals surface area contributed by atoms with E-state index in [-0.39, 0.29) is 48.4 Å². The standard InChI is InChI=1S/C25H27FN6O4.ClH/c26-17-10-28-19-3-4-23(35)32-15(1-2-16(17)24(19)32)11-31-6-5-18(21(33)12-31)27-8-14-7-20-25(29-9-14)36-13-22(34)30-20;/h3-4,7,9-10,15,18,21,27,33H,1-2,5-6,8,11-13H2,(H,30,34);1H/t15?,18-,21+;/m0./s1. The third-order valence-corrected chi connectivity index (χ3v) is 7.31. The molecule has 12 heteroatoms. The van der Waals surface area contributed by atoms with Gasteiger partial charge in [-0.25, -0.2) is 9.37 Å². The zero-order chi connectivity index (χ0) is 24.8. The van der Waals surface area contributed by atoms with Gasteiger partial charge < -0.3 is 25.0 Å². The second-order valence-electron chi connectivity index (χ2n) is 9.69. The highest BCUT2D eigenvalue weighted by Crippen LogP contribution is 2.31. The van der Waals surface area contributed by atoms with Gasteiger partial charge in [0.15, 0.2) is 6.61 Å². The summed E-state index contributed by atoms with van der Waals surface area (Å²) in [7, 11) is 0. The number of aliphatic hydroxyl groups excluding tert-OH is 1. The first-order valence-corrected chi connectivity index (χ1v) is 12.2. The highest BCUT2D eigenvalue weighted by Gasteiger charge is 2.31. The third kappa shape index (κ3) is 4.91. The Morgan fingerprint density at radius 2 is 2.08 bits per heavy atom. The molecule has 6 heterocycles. The van der Waals surface area contributed by atoms with E-state index in [4.69, 9.17) is 4.74 Å². The Hall–Kier alpha value is -3.12. The number of rotatable bonds is 5. The molecular weight excluding hydrogens is 503 g/mol. The average molecular weight is 531 g/mol. The monoisotopic (exact) mass is 530 g/mol. The number of nitrogens with zero attached hydrogens (tertiary/aromatic N) is 4. The van der Waals surface area contributed by atoms with Gasteiger partial charge in [0.1, 0.15) is 11.5 Å². The Labute approximate surface area is 218 Å². The molecular formula is C25H28ClFN6O4. The van der Waals surface area contributed by atoms with Gasteiger partial charge in [0.2, 0.25) is 5.88 Å². The van der Waals surface area contributed by atoms with Crippen molar-refractivity contribution in [2.24, 2.45) is 0 Å². The summed E-state index contributed by atoms with van der Waals surface area (Å²) in [6.45, 7) is 2.30. The molecule has 3 aliphatic heterocycles. The number of likely N-dealkylation sites (tertiary alicyclic amines) is 1. The molecule has 3 N–H and O–H groups in total. The van der Waals surface area contributed by atoms with E-state index in [1.807, 2.05) is 6.07 Å². The lowest BCUT2D eigenvalue weighted by atomic mass is 9.96. The summed E-state index contributed by atoms with van der Waals surface area (Å²) in [6, 6.07) is 4.77. The van der Waals surface area contributed by atoms with E-state index in [1.165, 1.54) is 12.3 Å². The van der Waals surface area contributed by atoms with Gasteiger partial charge in [0, 0.05) is 43.5 Å². The molecule has 3 aromatic rings. The highest BCUT2D eigenvalue weighted by molar-refractivity contribution is 5.94. The Bertz CT molecular complexity index is 1400. The molecule has 1 fully saturated rings. The van der Waals surface area contributed by atoms with Crippen molar-refractivity contribution in [1.29, 1.82) is 0 Å². The number of ether oxygens (including phenoxy) is 1. The topological polar surface area (TPSA) is 122 Å². The molecule has 0 spiro atoms. The summed E-state index contributed by atoms with van der Waals surface area (Å²) < 4.78 is 21.4. The zero-order valence-corrected chi connectivity index (χ0v) is 20.8. The van der Waals surface area contributed by atoms with Crippen molar-refractivity contribution in [1.82, 2.24) is 24.8 Å². The number of aryl methyl sites for hydroxylation is 1. The van der Waals surface area contributed by atoms with Crippen molar-refractivity contribution in [2.75, 3.05) is 31.6 Å². The fourth-order valence-electron chi connectivity index (χ4n) is 5.54. The molecule has 3 aromatic heterocycles. The van der Waals surface area contributed by atoms with Crippen LogP contribution in [0.15, 0.2) is 35.4 Å². The van der Waals surface area contributed by atoms with Gasteiger partial charge in [-0.3, -0.25) is 19.5 Å². The van der Waals surface area contributed by atoms with Crippen LogP contribution in [0.5, 0.6) is 5.88 Å². The Balaban J connectivity index is 0.00000280. The number of aliphatic hydroxyl groups is 1. The lowest BCUT2D eigenvalue weighted by molar-refractivity contribution is -0.118. The molecule has 3 atom stereocenters. The maximum atomic E-state index is 14.4. The second-order valence-corrected chi connectivity index (χ2v) is 9.69. The SMILES string of the molecule is Cl.O=C1COc2ncc(CN[C@H]3CCN(CC4CCc5c(F)cnc6ccc(=O)n4c56)C[C@H]3O)cc2N1. The number of anilines is 1. The summed E-state index contributed by atoms with van der Waals surface area (Å²) in [5, 5.41) is 17.0. The van der Waals surface area contributed by atoms with Crippen LogP contribution in [0.1, 0.15) is 30.0 Å². The van der Waals surface area contributed by atoms with Crippen LogP contribution in [-0.4, -0.2) is 68.8 Å². The van der Waals surface area contributed by atoms with Crippen LogP contribution in [0.25, 0.3) is 11.0 Å². The van der Waals surface area contributed by atoms with Gasteiger partial charge in [0.05, 0.1) is 29.4 Å². The predicted molar refractivity (Wildman–Crippen MR) is 137 cm³/mol. The van der Waals surface area contributed by atoms with Crippen LogP contribution in [0, 0.1) is 5.82 Å². The number of nitrogens with one attached hydrogen (secondary N) is 2. The Kier molecular flexibility index (Phi) is 7.13. The maximum Gasteiger partial charge on any atom is 0.262 e. The number of β-amino-alcohol motifs (C(OH)–C–C–N with tert-alkyl or cyclic N) is 1. The van der Waals surface area contributed by atoms with Crippen LogP contribution in [0.2, 0.25) is 0 Å². The Morgan fingerprint density at radius 1 is 1.22 bits per heavy atom. The summed E-state index contributed by atoms with van der Waals surface area (Å²) in [4.78, 5) is 34.9. The van der Waals surface area contributed by atoms with Crippen molar-refractivity contribution < 1.29 is 19.0 Å². The quantitative estimate of drug-likeness (QED) is 0.452. The van der Waals surface area contributed by atoms with E-state index in [1.54, 1.807) is 16.8 Å². The minimum Gasteiger partial charge on any atom is -0.466 e. The first-order chi connectivity index (χ1) is 17.5. The number of pyridine rings is 3. The zero-order valence-electron chi connectivity index (χ0n) is 20.0. The van der Waals surface area contributed by atoms with Crippen molar-refractivity contribution >= 4 is 35.0 Å². The summed E-state index contributed by atoms with van der Waals surface area (Å²) in [6.07, 6.45) is 4.28. The second kappa shape index (κ2) is 10.3. The van der Waals surface area contributed by atoms with Crippen molar-refractivity contribution in [3.05, 3.63) is 57.9 Å². The van der Waals surface area contributed by atoms with Crippen molar-refractivity contribution in [3.8, 4) is 5.88 Å². The number of piperidine rings is 1. The fourth-order valence-corrected chi connectivity index (χ4v) is 5.54. The first-order valence-electron chi connectivity index (χ1n) is 12.2. The molecule has 0 aliphatic carbocycles. The lowest BCUT2D eigenvalue weighted by Gasteiger charge is -2.39. The molecule has 10 nitrogen and oxygen atoms in total. The van der Waals surface area contributed by atoms with Gasteiger partial charge in [-0.1, -0.05) is 0 Å². The van der Waals surface area contributed by atoms with E-state index in [2.05, 4.69) is 25.5 Å². The lowest BCUT2D eigenvalue weighted by Crippen LogP contribution is -2.53. The number of carbonyl (C=O) groups excluding carboxylic acids is 1. The van der Waals surface area contributed by atoms with E-state index >= 15 is 0 Å². The van der Waals surface area contributed by atoms with E-state index in [0.717, 1.165) is 18.5 Å². The minimum absolute atomic E-state index is 0. The smallest absolute Gasteiger partial charge is 0.262 e. The highest BCUT2D eigenvalue weighted by atomic mass is 35.5. The number of carbonyl (C=O) groups is 1. The summed E-state index contributed by atoms with van der Waals surface area (Å²) in [5.74, 6) is -0.171. The predicted octanol–water partition coefficient (Wildman–Crippen LogP) is 1.40. The summed E-state index contributed by atoms with van der Waals surface area (Å²) in [5.41, 5.74) is 3.05. The van der Waals surface area contributed by atoms with Crippen LogP contribution in [-0.2, 0) is 17.8 Å². The molecule has 3 aliphatic rings. The number of aromatic nitrogens is 3. The van der Waals surface area contributed by atoms with E-state index in [9.17, 15) is 19.1 Å². The van der Waals surface area contributed by atoms with Crippen molar-refractivity contribution in [3.63, 3.8) is 0 Å². The number of hydrogen-bond donors (Lipinski definition) is 3. The van der Waals surface area contributed by atoms with Gasteiger partial charge in [-0.2, -0.15) is 0 Å². The van der Waals surface area contributed by atoms with Crippen LogP contribution >= 0.6 is 12.4 Å². The van der Waals surface area contributed by atoms with Gasteiger partial charge in [-0.15, -0.1) is 12.4 Å². The molecule has 0 bridgehead atoms. The largest absolute Gasteiger partial charge is 0.466 e. The average Bonchev–Trinajstić information content (AvgIpc) is 2.87. The molecule has 1 saturated heterocycles. The molecule has 37 heavy (non-hydrogen) atoms. The van der Waals surface area contributed by atoms with Gasteiger partial charge in [-0.05, 0) is 43.5 Å².